The quantitative estimate of drug-likeness (QED) is 0.516. The number of anilines is 1. The summed E-state index contributed by atoms with van der Waals surface area (Å²) in [6.45, 7) is 4.47. The maximum atomic E-state index is 13.1. The molecule has 0 heterocycles. The van der Waals surface area contributed by atoms with E-state index in [0.717, 1.165) is 11.3 Å². The summed E-state index contributed by atoms with van der Waals surface area (Å²) in [6.07, 6.45) is -0.0912. The molecule has 1 unspecified atom stereocenters. The fraction of sp³-hybridized carbons (Fsp3) is 0.300. The molecule has 0 saturated heterocycles. The van der Waals surface area contributed by atoms with Crippen molar-refractivity contribution in [2.45, 2.75) is 20.0 Å². The van der Waals surface area contributed by atoms with Gasteiger partial charge in [0.1, 0.15) is 17.7 Å². The Hall–Kier alpha value is -3.09. The van der Waals surface area contributed by atoms with Crippen molar-refractivity contribution in [3.63, 3.8) is 0 Å². The van der Waals surface area contributed by atoms with Gasteiger partial charge in [0, 0.05) is 12.7 Å². The molecule has 0 aliphatic rings. The third-order valence-electron chi connectivity index (χ3n) is 3.63. The Balaban J connectivity index is 1.74. The molecular weight excluding hydrogens is 347 g/mol. The topological polar surface area (TPSA) is 74.8 Å². The van der Waals surface area contributed by atoms with Crippen molar-refractivity contribution in [3.8, 4) is 5.75 Å². The van der Waals surface area contributed by atoms with Crippen LogP contribution in [0, 0.1) is 12.7 Å². The lowest BCUT2D eigenvalue weighted by molar-refractivity contribution is -0.115. The van der Waals surface area contributed by atoms with E-state index in [-0.39, 0.29) is 18.6 Å². The van der Waals surface area contributed by atoms with Gasteiger partial charge in [0.25, 0.3) is 0 Å². The number of carbonyl (C=O) groups excluding carboxylic acids is 1. The predicted octanol–water partition coefficient (Wildman–Crippen LogP) is 2.71. The van der Waals surface area contributed by atoms with Gasteiger partial charge < -0.3 is 20.7 Å². The van der Waals surface area contributed by atoms with E-state index in [1.807, 2.05) is 38.1 Å². The van der Waals surface area contributed by atoms with Crippen molar-refractivity contribution in [1.29, 1.82) is 0 Å². The number of nitrogens with zero attached hydrogens (tertiary/aromatic N) is 1. The summed E-state index contributed by atoms with van der Waals surface area (Å²) in [5.74, 6) is 0.583. The second-order valence-electron chi connectivity index (χ2n) is 6.11. The summed E-state index contributed by atoms with van der Waals surface area (Å²) >= 11 is 0. The number of benzene rings is 2. The molecule has 144 valence electrons. The second-order valence-corrected chi connectivity index (χ2v) is 6.11. The molecule has 3 N–H and O–H groups in total. The van der Waals surface area contributed by atoms with Crippen molar-refractivity contribution in [2.75, 3.05) is 25.5 Å². The fourth-order valence-corrected chi connectivity index (χ4v) is 2.36. The van der Waals surface area contributed by atoms with Gasteiger partial charge in [0.15, 0.2) is 5.96 Å². The number of rotatable bonds is 7. The molecule has 6 nitrogen and oxygen atoms in total. The van der Waals surface area contributed by atoms with E-state index in [1.165, 1.54) is 18.2 Å². The zero-order chi connectivity index (χ0) is 19.6. The third kappa shape index (κ3) is 7.35. The van der Waals surface area contributed by atoms with Gasteiger partial charge in [-0.05, 0) is 49.7 Å². The normalized spacial score (nSPS) is 12.2. The monoisotopic (exact) mass is 372 g/mol. The molecule has 0 aliphatic carbocycles. The number of nitrogens with one attached hydrogen (secondary N) is 3. The van der Waals surface area contributed by atoms with Crippen molar-refractivity contribution in [2.24, 2.45) is 4.99 Å². The first-order valence-corrected chi connectivity index (χ1v) is 8.69. The smallest absolute Gasteiger partial charge is 0.243 e. The highest BCUT2D eigenvalue weighted by Crippen LogP contribution is 2.13. The lowest BCUT2D eigenvalue weighted by Crippen LogP contribution is -2.44. The van der Waals surface area contributed by atoms with Crippen LogP contribution in [0.25, 0.3) is 0 Å². The van der Waals surface area contributed by atoms with Gasteiger partial charge in [-0.2, -0.15) is 0 Å². The van der Waals surface area contributed by atoms with Gasteiger partial charge >= 0.3 is 0 Å². The van der Waals surface area contributed by atoms with Gasteiger partial charge in [0.05, 0.1) is 13.1 Å². The fourth-order valence-electron chi connectivity index (χ4n) is 2.36. The average Bonchev–Trinajstić information content (AvgIpc) is 2.62. The molecule has 0 aromatic heterocycles. The summed E-state index contributed by atoms with van der Waals surface area (Å²) in [4.78, 5) is 16.0. The first-order chi connectivity index (χ1) is 13.0. The SMILES string of the molecule is CN=C(NCC(=O)Nc1cccc(F)c1)NCC(C)Oc1cccc(C)c1. The highest BCUT2D eigenvalue weighted by Gasteiger charge is 2.08. The number of hydrogen-bond donors (Lipinski definition) is 3. The number of halogens is 1. The summed E-state index contributed by atoms with van der Waals surface area (Å²) in [5.41, 5.74) is 1.54. The molecule has 0 spiro atoms. The van der Waals surface area contributed by atoms with Crippen LogP contribution in [0.2, 0.25) is 0 Å². The van der Waals surface area contributed by atoms with Crippen molar-refractivity contribution >= 4 is 17.6 Å². The standard InChI is InChI=1S/C20H25FN4O2/c1-14-6-4-9-18(10-14)27-15(2)12-23-20(22-3)24-13-19(26)25-17-8-5-7-16(21)11-17/h4-11,15H,12-13H2,1-3H3,(H,25,26)(H2,22,23,24). The van der Waals surface area contributed by atoms with Crippen LogP contribution >= 0.6 is 0 Å². The maximum absolute atomic E-state index is 13.1. The number of guanidine groups is 1. The first-order valence-electron chi connectivity index (χ1n) is 8.69. The van der Waals surface area contributed by atoms with Crippen LogP contribution < -0.4 is 20.7 Å². The van der Waals surface area contributed by atoms with Crippen LogP contribution in [0.4, 0.5) is 10.1 Å². The highest BCUT2D eigenvalue weighted by atomic mass is 19.1. The maximum Gasteiger partial charge on any atom is 0.243 e. The van der Waals surface area contributed by atoms with Gasteiger partial charge in [-0.1, -0.05) is 18.2 Å². The van der Waals surface area contributed by atoms with Crippen LogP contribution in [0.3, 0.4) is 0 Å². The third-order valence-corrected chi connectivity index (χ3v) is 3.63. The summed E-state index contributed by atoms with van der Waals surface area (Å²) in [6, 6.07) is 13.6. The van der Waals surface area contributed by atoms with Gasteiger partial charge in [-0.25, -0.2) is 4.39 Å². The van der Waals surface area contributed by atoms with E-state index < -0.39 is 5.82 Å². The Kier molecular flexibility index (Phi) is 7.61. The van der Waals surface area contributed by atoms with Gasteiger partial charge in [-0.3, -0.25) is 9.79 Å². The van der Waals surface area contributed by atoms with E-state index in [0.29, 0.717) is 18.2 Å². The number of ether oxygens (including phenoxy) is 1. The minimum atomic E-state index is -0.402. The molecule has 27 heavy (non-hydrogen) atoms. The first kappa shape index (κ1) is 20.2. The highest BCUT2D eigenvalue weighted by molar-refractivity contribution is 5.94. The van der Waals surface area contributed by atoms with Crippen molar-refractivity contribution in [3.05, 3.63) is 59.9 Å². The van der Waals surface area contributed by atoms with Crippen molar-refractivity contribution < 1.29 is 13.9 Å². The van der Waals surface area contributed by atoms with E-state index in [4.69, 9.17) is 4.74 Å². The molecule has 2 aromatic rings. The minimum absolute atomic E-state index is 0.00328. The lowest BCUT2D eigenvalue weighted by atomic mass is 10.2. The summed E-state index contributed by atoms with van der Waals surface area (Å²) < 4.78 is 19.0. The Bertz CT molecular complexity index is 795. The molecule has 0 fully saturated rings. The molecule has 2 rings (SSSR count). The molecule has 1 atom stereocenters. The van der Waals surface area contributed by atoms with Gasteiger partial charge in [0.2, 0.25) is 5.91 Å². The van der Waals surface area contributed by atoms with Crippen LogP contribution in [0.1, 0.15) is 12.5 Å². The molecule has 0 aliphatic heterocycles. The summed E-state index contributed by atoms with van der Waals surface area (Å²) in [7, 11) is 1.62. The second kappa shape index (κ2) is 10.2. The predicted molar refractivity (Wildman–Crippen MR) is 106 cm³/mol. The Morgan fingerprint density at radius 1 is 1.19 bits per heavy atom. The van der Waals surface area contributed by atoms with E-state index in [2.05, 4.69) is 20.9 Å². The minimum Gasteiger partial charge on any atom is -0.489 e. The lowest BCUT2D eigenvalue weighted by Gasteiger charge is -2.18. The van der Waals surface area contributed by atoms with E-state index in [1.54, 1.807) is 13.1 Å². The van der Waals surface area contributed by atoms with Crippen LogP contribution in [-0.2, 0) is 4.79 Å². The van der Waals surface area contributed by atoms with Gasteiger partial charge in [-0.15, -0.1) is 0 Å². The number of aryl methyl sites for hydroxylation is 1. The van der Waals surface area contributed by atoms with E-state index in [9.17, 15) is 9.18 Å². The molecule has 1 amide bonds. The van der Waals surface area contributed by atoms with Crippen LogP contribution in [0.15, 0.2) is 53.5 Å². The number of amides is 1. The molecular formula is C20H25FN4O2. The van der Waals surface area contributed by atoms with Crippen molar-refractivity contribution in [1.82, 2.24) is 10.6 Å². The zero-order valence-electron chi connectivity index (χ0n) is 15.8. The molecule has 0 bridgehead atoms. The Morgan fingerprint density at radius 2 is 1.96 bits per heavy atom. The van der Waals surface area contributed by atoms with E-state index >= 15 is 0 Å². The molecule has 0 radical (unpaired) electrons. The average molecular weight is 372 g/mol. The number of hydrogen-bond acceptors (Lipinski definition) is 3. The molecule has 0 saturated carbocycles. The molecule has 2 aromatic carbocycles. The summed E-state index contributed by atoms with van der Waals surface area (Å²) in [5, 5.41) is 8.63. The largest absolute Gasteiger partial charge is 0.489 e. The number of aliphatic imine (C=N–C) groups is 1. The Labute approximate surface area is 158 Å². The van der Waals surface area contributed by atoms with Crippen LogP contribution in [-0.4, -0.2) is 38.1 Å². The Morgan fingerprint density at radius 3 is 2.67 bits per heavy atom. The zero-order valence-corrected chi connectivity index (χ0v) is 15.8. The van der Waals surface area contributed by atoms with Crippen LogP contribution in [0.5, 0.6) is 5.75 Å². The molecule has 7 heteroatoms. The number of carbonyl (C=O) groups is 1.